The van der Waals surface area contributed by atoms with Gasteiger partial charge >= 0.3 is 267 Å². The van der Waals surface area contributed by atoms with Crippen LogP contribution in [0.25, 0.3) is 22.3 Å². The van der Waals surface area contributed by atoms with Gasteiger partial charge in [0.25, 0.3) is 0 Å². The molecule has 0 saturated heterocycles. The van der Waals surface area contributed by atoms with E-state index in [1.807, 2.05) is 41.5 Å². The van der Waals surface area contributed by atoms with Crippen LogP contribution in [-0.4, -0.2) is 20.0 Å². The average Bonchev–Trinajstić information content (AvgIpc) is 3.49. The molecule has 0 aromatic heterocycles. The normalized spacial score (nSPS) is 19.9. The Balaban J connectivity index is 1.70. The zero-order chi connectivity index (χ0) is 31.4. The summed E-state index contributed by atoms with van der Waals surface area (Å²) in [6.07, 6.45) is 0. The second-order valence-electron chi connectivity index (χ2n) is 15.2. The van der Waals surface area contributed by atoms with Gasteiger partial charge in [-0.25, -0.2) is 0 Å². The summed E-state index contributed by atoms with van der Waals surface area (Å²) in [7, 11) is -2.33. The van der Waals surface area contributed by atoms with E-state index in [1.165, 1.54) is 32.6 Å². The van der Waals surface area contributed by atoms with Crippen LogP contribution >= 0.6 is 0 Å². The van der Waals surface area contributed by atoms with Crippen molar-refractivity contribution in [3.63, 3.8) is 0 Å². The van der Waals surface area contributed by atoms with E-state index >= 15 is 0 Å². The van der Waals surface area contributed by atoms with Crippen molar-refractivity contribution >= 4 is 30.4 Å². The Hall–Kier alpha value is -3.25. The average molecular weight is 637 g/mol. The van der Waals surface area contributed by atoms with Gasteiger partial charge in [-0.1, -0.05) is 0 Å². The zero-order valence-electron chi connectivity index (χ0n) is 26.9. The number of benzene rings is 4. The van der Waals surface area contributed by atoms with E-state index in [2.05, 4.69) is 98.0 Å². The summed E-state index contributed by atoms with van der Waals surface area (Å²) in [5, 5.41) is 2.65. The van der Waals surface area contributed by atoms with Crippen LogP contribution < -0.4 is 10.4 Å². The first-order chi connectivity index (χ1) is 20.7. The molecule has 0 radical (unpaired) electrons. The van der Waals surface area contributed by atoms with Crippen LogP contribution in [0, 0.1) is 10.8 Å². The summed E-state index contributed by atoms with van der Waals surface area (Å²) in [6, 6.07) is 30.3. The van der Waals surface area contributed by atoms with Crippen molar-refractivity contribution in [2.24, 2.45) is 10.8 Å². The number of fused-ring (bicyclic) bond motifs is 6. The monoisotopic (exact) mass is 636 g/mol. The first-order valence-corrected chi connectivity index (χ1v) is 21.7. The predicted octanol–water partition coefficient (Wildman–Crippen LogP) is 7.82. The summed E-state index contributed by atoms with van der Waals surface area (Å²) in [5.41, 5.74) is 7.67. The van der Waals surface area contributed by atoms with E-state index in [1.54, 1.807) is 0 Å². The summed E-state index contributed by atoms with van der Waals surface area (Å²) >= 11 is -4.82. The molecular formula is C38H40O4SiTi. The SMILES string of the molecule is CC(C)(C)C(=O)[O][Ti]1([O]C(=O)C(C)(C)C)[CH]2c3ccccc3-c3cccc(c32)[Si](C)(C)c2cccc3c2[CH]1c1ccccc1-3. The van der Waals surface area contributed by atoms with Gasteiger partial charge in [0, 0.05) is 0 Å². The predicted molar refractivity (Wildman–Crippen MR) is 175 cm³/mol. The third kappa shape index (κ3) is 4.05. The van der Waals surface area contributed by atoms with E-state index in [9.17, 15) is 9.59 Å². The molecule has 2 unspecified atom stereocenters. The standard InChI is InChI=1S/C28H22Si.2C5H10O2.Ti/c1-29(2,27-15-7-13-23-21-11-5-3-9-19(21)17-25(23)27)28-16-8-14-24-22-12-6-4-10-20(22)18-26(24)28;2*1-5(2,3)4(6)7;/h3-18H,1-2H3;2*1-3H3,(H,6,7);/q;;;+2/p-2. The van der Waals surface area contributed by atoms with Crippen molar-refractivity contribution in [2.75, 3.05) is 0 Å². The van der Waals surface area contributed by atoms with E-state index in [0.29, 0.717) is 0 Å². The molecule has 0 spiro atoms. The Morgan fingerprint density at radius 3 is 1.32 bits per heavy atom. The molecule has 2 aliphatic carbocycles. The summed E-state index contributed by atoms with van der Waals surface area (Å²) in [4.78, 5) is 28.7. The van der Waals surface area contributed by atoms with Gasteiger partial charge in [-0.15, -0.1) is 0 Å². The molecular weight excluding hydrogens is 596 g/mol. The molecule has 224 valence electrons. The van der Waals surface area contributed by atoms with E-state index in [-0.39, 0.29) is 20.4 Å². The summed E-state index contributed by atoms with van der Waals surface area (Å²) in [5.74, 6) is -0.633. The Bertz CT molecular complexity index is 1740. The quantitative estimate of drug-likeness (QED) is 0.211. The van der Waals surface area contributed by atoms with Crippen molar-refractivity contribution in [2.45, 2.75) is 63.1 Å². The van der Waals surface area contributed by atoms with Crippen LogP contribution in [0.1, 0.15) is 72.2 Å². The van der Waals surface area contributed by atoms with Crippen LogP contribution in [0.2, 0.25) is 13.1 Å². The number of carbonyl (C=O) groups is 2. The minimum absolute atomic E-state index is 0.317. The Morgan fingerprint density at radius 2 is 0.932 bits per heavy atom. The number of hydrogen-bond acceptors (Lipinski definition) is 4. The van der Waals surface area contributed by atoms with Gasteiger partial charge in [0.05, 0.1) is 0 Å². The molecule has 0 saturated carbocycles. The first-order valence-electron chi connectivity index (χ1n) is 15.6. The third-order valence-corrected chi connectivity index (χ3v) is 19.3. The molecule has 0 bridgehead atoms. The van der Waals surface area contributed by atoms with Gasteiger partial charge in [0.2, 0.25) is 0 Å². The Kier molecular flexibility index (Phi) is 6.44. The van der Waals surface area contributed by atoms with Crippen molar-refractivity contribution in [3.8, 4) is 22.3 Å². The maximum absolute atomic E-state index is 14.3. The molecule has 4 aromatic carbocycles. The fourth-order valence-corrected chi connectivity index (χ4v) is 18.8. The molecule has 0 fully saturated rings. The fraction of sp³-hybridized carbons (Fsp3) is 0.316. The summed E-state index contributed by atoms with van der Waals surface area (Å²) < 4.78 is 13.6. The van der Waals surface area contributed by atoms with Gasteiger partial charge in [-0.05, 0) is 0 Å². The molecule has 1 heterocycles. The molecule has 44 heavy (non-hydrogen) atoms. The number of rotatable bonds is 2. The van der Waals surface area contributed by atoms with Crippen molar-refractivity contribution in [1.82, 2.24) is 0 Å². The zero-order valence-corrected chi connectivity index (χ0v) is 29.4. The first kappa shape index (κ1) is 29.5. The van der Waals surface area contributed by atoms with Crippen molar-refractivity contribution in [1.29, 1.82) is 0 Å². The second kappa shape index (κ2) is 9.63. The van der Waals surface area contributed by atoms with Crippen LogP contribution in [0.15, 0.2) is 84.9 Å². The van der Waals surface area contributed by atoms with Crippen LogP contribution in [0.4, 0.5) is 0 Å². The molecule has 4 aromatic rings. The molecule has 0 N–H and O–H groups in total. The summed E-state index contributed by atoms with van der Waals surface area (Å²) in [6.45, 7) is 16.2. The van der Waals surface area contributed by atoms with E-state index in [4.69, 9.17) is 6.64 Å². The molecule has 1 aliphatic heterocycles. The third-order valence-electron chi connectivity index (χ3n) is 9.79. The van der Waals surface area contributed by atoms with Gasteiger partial charge < -0.3 is 0 Å². The van der Waals surface area contributed by atoms with Crippen LogP contribution in [0.3, 0.4) is 0 Å². The molecule has 2 atom stereocenters. The van der Waals surface area contributed by atoms with Gasteiger partial charge in [-0.2, -0.15) is 0 Å². The maximum atomic E-state index is 14.3. The molecule has 6 heteroatoms. The van der Waals surface area contributed by atoms with Gasteiger partial charge in [0.15, 0.2) is 0 Å². The second-order valence-corrected chi connectivity index (χ2v) is 24.2. The number of hydrogen-bond donors (Lipinski definition) is 0. The molecule has 3 aliphatic rings. The minimum atomic E-state index is -4.82. The van der Waals surface area contributed by atoms with Crippen molar-refractivity contribution in [3.05, 3.63) is 107 Å². The Labute approximate surface area is 266 Å². The Morgan fingerprint density at radius 1 is 0.568 bits per heavy atom. The van der Waals surface area contributed by atoms with Crippen LogP contribution in [0.5, 0.6) is 0 Å². The van der Waals surface area contributed by atoms with E-state index in [0.717, 1.165) is 22.3 Å². The van der Waals surface area contributed by atoms with E-state index < -0.39 is 36.3 Å². The fourth-order valence-electron chi connectivity index (χ4n) is 7.61. The van der Waals surface area contributed by atoms with Gasteiger partial charge in [0.1, 0.15) is 0 Å². The topological polar surface area (TPSA) is 52.6 Å². The van der Waals surface area contributed by atoms with Crippen molar-refractivity contribution < 1.29 is 33.6 Å². The van der Waals surface area contributed by atoms with Crippen LogP contribution in [-0.2, 0) is 33.6 Å². The molecule has 7 rings (SSSR count). The molecule has 0 amide bonds. The number of carbonyl (C=O) groups excluding carboxylic acids is 2. The molecule has 4 nitrogen and oxygen atoms in total. The van der Waals surface area contributed by atoms with Gasteiger partial charge in [-0.3, -0.25) is 0 Å².